The highest BCUT2D eigenvalue weighted by Gasteiger charge is 2.36. The van der Waals surface area contributed by atoms with E-state index >= 15 is 0 Å². The number of aromatic nitrogens is 4. The third-order valence-electron chi connectivity index (χ3n) is 6.07. The van der Waals surface area contributed by atoms with Crippen molar-refractivity contribution >= 4 is 28.1 Å². The highest BCUT2D eigenvalue weighted by molar-refractivity contribution is 7.15. The fourth-order valence-electron chi connectivity index (χ4n) is 4.59. The van der Waals surface area contributed by atoms with Gasteiger partial charge in [0, 0.05) is 34.2 Å². The van der Waals surface area contributed by atoms with Gasteiger partial charge >= 0.3 is 0 Å². The number of fused-ring (bicyclic) bond motifs is 3. The van der Waals surface area contributed by atoms with Gasteiger partial charge in [0.15, 0.2) is 5.69 Å². The van der Waals surface area contributed by atoms with Crippen molar-refractivity contribution in [3.8, 4) is 10.6 Å². The van der Waals surface area contributed by atoms with Gasteiger partial charge in [0.05, 0.1) is 16.3 Å². The smallest absolute Gasteiger partial charge is 0.275 e. The molecule has 0 fully saturated rings. The molecule has 0 aliphatic carbocycles. The van der Waals surface area contributed by atoms with E-state index < -0.39 is 0 Å². The van der Waals surface area contributed by atoms with Crippen LogP contribution >= 0.6 is 11.3 Å². The highest BCUT2D eigenvalue weighted by Crippen LogP contribution is 2.38. The van der Waals surface area contributed by atoms with Gasteiger partial charge in [0.1, 0.15) is 6.04 Å². The molecule has 5 heterocycles. The minimum Gasteiger partial charge on any atom is -0.356 e. The van der Waals surface area contributed by atoms with E-state index in [1.54, 1.807) is 17.5 Å². The lowest BCUT2D eigenvalue weighted by atomic mass is 9.94. The van der Waals surface area contributed by atoms with Crippen LogP contribution in [0.25, 0.3) is 21.5 Å². The first-order valence-electron chi connectivity index (χ1n) is 10.6. The lowest BCUT2D eigenvalue weighted by molar-refractivity contribution is 0.0682. The molecule has 0 spiro atoms. The second-order valence-electron chi connectivity index (χ2n) is 8.05. The Bertz CT molecular complexity index is 1430. The fraction of sp³-hybridized carbons (Fsp3) is 0.160. The normalized spacial score (nSPS) is 15.8. The van der Waals surface area contributed by atoms with Crippen LogP contribution in [0.15, 0.2) is 66.9 Å². The second-order valence-corrected chi connectivity index (χ2v) is 9.33. The summed E-state index contributed by atoms with van der Waals surface area (Å²) in [6.07, 6.45) is 2.57. The van der Waals surface area contributed by atoms with Crippen LogP contribution in [0.1, 0.15) is 38.4 Å². The summed E-state index contributed by atoms with van der Waals surface area (Å²) in [4.78, 5) is 26.0. The van der Waals surface area contributed by atoms with Crippen LogP contribution in [-0.2, 0) is 6.42 Å². The molecule has 158 valence electrons. The molecule has 5 aromatic rings. The molecule has 6 nitrogen and oxygen atoms in total. The van der Waals surface area contributed by atoms with E-state index in [9.17, 15) is 4.79 Å². The van der Waals surface area contributed by atoms with Crippen molar-refractivity contribution in [2.45, 2.75) is 19.4 Å². The van der Waals surface area contributed by atoms with Crippen molar-refractivity contribution in [2.24, 2.45) is 0 Å². The van der Waals surface area contributed by atoms with E-state index in [1.165, 1.54) is 15.8 Å². The number of carbonyl (C=O) groups excluding carboxylic acids is 1. The topological polar surface area (TPSA) is 77.7 Å². The zero-order chi connectivity index (χ0) is 21.7. The molecule has 1 aromatic carbocycles. The van der Waals surface area contributed by atoms with Crippen molar-refractivity contribution < 1.29 is 4.79 Å². The molecule has 0 saturated heterocycles. The Morgan fingerprint density at radius 1 is 1.12 bits per heavy atom. The molecule has 0 radical (unpaired) electrons. The number of aromatic amines is 2. The molecule has 0 bridgehead atoms. The summed E-state index contributed by atoms with van der Waals surface area (Å²) >= 11 is 1.68. The Kier molecular flexibility index (Phi) is 4.43. The molecule has 1 atom stereocenters. The first-order valence-corrected chi connectivity index (χ1v) is 11.4. The number of amides is 1. The molecule has 2 N–H and O–H groups in total. The van der Waals surface area contributed by atoms with Crippen LogP contribution < -0.4 is 0 Å². The summed E-state index contributed by atoms with van der Waals surface area (Å²) < 4.78 is 0. The SMILES string of the molecule is Cc1ccc(-c2cc(C(=O)N3CCc4c([nH]c5ccccc45)[C@H]3c3ccccn3)n[nH]2)s1. The molecule has 1 aliphatic rings. The number of H-pyrrole nitrogens is 2. The first-order chi connectivity index (χ1) is 15.7. The molecule has 7 heteroatoms. The van der Waals surface area contributed by atoms with Crippen LogP contribution in [0, 0.1) is 6.92 Å². The predicted octanol–water partition coefficient (Wildman–Crippen LogP) is 5.11. The monoisotopic (exact) mass is 439 g/mol. The Hall–Kier alpha value is -3.71. The number of thiophene rings is 1. The molecular formula is C25H21N5OS. The number of pyridine rings is 1. The van der Waals surface area contributed by atoms with Crippen molar-refractivity contribution in [3.63, 3.8) is 0 Å². The van der Waals surface area contributed by atoms with Crippen LogP contribution in [-0.4, -0.2) is 37.5 Å². The molecule has 32 heavy (non-hydrogen) atoms. The van der Waals surface area contributed by atoms with Gasteiger partial charge in [0.2, 0.25) is 0 Å². The predicted molar refractivity (Wildman–Crippen MR) is 126 cm³/mol. The van der Waals surface area contributed by atoms with Crippen molar-refractivity contribution in [1.29, 1.82) is 0 Å². The largest absolute Gasteiger partial charge is 0.356 e. The maximum absolute atomic E-state index is 13.7. The highest BCUT2D eigenvalue weighted by atomic mass is 32.1. The van der Waals surface area contributed by atoms with Crippen molar-refractivity contribution in [2.75, 3.05) is 6.54 Å². The summed E-state index contributed by atoms with van der Waals surface area (Å²) in [6.45, 7) is 2.68. The van der Waals surface area contributed by atoms with Crippen molar-refractivity contribution in [1.82, 2.24) is 25.1 Å². The quantitative estimate of drug-likeness (QED) is 0.410. The average molecular weight is 440 g/mol. The molecule has 6 rings (SSSR count). The van der Waals surface area contributed by atoms with E-state index in [0.717, 1.165) is 33.9 Å². The number of benzene rings is 1. The Balaban J connectivity index is 1.43. The standard InChI is InChI=1S/C25H21N5OS/c1-15-9-10-22(32-15)20-14-21(29-28-20)25(31)30-13-11-17-16-6-2-3-7-18(16)27-23(17)24(30)19-8-4-5-12-26-19/h2-10,12,14,24,27H,11,13H2,1H3,(H,28,29)/t24-/m1/s1. The first kappa shape index (κ1) is 19.0. The average Bonchev–Trinajstić information content (AvgIpc) is 3.56. The van der Waals surface area contributed by atoms with Crippen LogP contribution in [0.5, 0.6) is 0 Å². The third kappa shape index (κ3) is 3.05. The third-order valence-corrected chi connectivity index (χ3v) is 7.10. The minimum atomic E-state index is -0.288. The van der Waals surface area contributed by atoms with Gasteiger partial charge in [-0.05, 0) is 55.3 Å². The van der Waals surface area contributed by atoms with Gasteiger partial charge < -0.3 is 9.88 Å². The summed E-state index contributed by atoms with van der Waals surface area (Å²) in [5, 5.41) is 8.62. The zero-order valence-electron chi connectivity index (χ0n) is 17.5. The van der Waals surface area contributed by atoms with E-state index in [0.29, 0.717) is 12.2 Å². The Labute approximate surface area is 188 Å². The molecule has 1 aliphatic heterocycles. The van der Waals surface area contributed by atoms with Crippen LogP contribution in [0.3, 0.4) is 0 Å². The van der Waals surface area contributed by atoms with Crippen LogP contribution in [0.2, 0.25) is 0 Å². The number of aryl methyl sites for hydroxylation is 1. The number of hydrogen-bond acceptors (Lipinski definition) is 4. The maximum atomic E-state index is 13.7. The summed E-state index contributed by atoms with van der Waals surface area (Å²) in [5.74, 6) is -0.0965. The summed E-state index contributed by atoms with van der Waals surface area (Å²) in [5.41, 5.74) is 5.52. The number of nitrogens with zero attached hydrogens (tertiary/aromatic N) is 3. The molecule has 0 saturated carbocycles. The van der Waals surface area contributed by atoms with Gasteiger partial charge in [-0.15, -0.1) is 11.3 Å². The fourth-order valence-corrected chi connectivity index (χ4v) is 5.42. The summed E-state index contributed by atoms with van der Waals surface area (Å²) in [7, 11) is 0. The number of hydrogen-bond donors (Lipinski definition) is 2. The Morgan fingerprint density at radius 3 is 2.81 bits per heavy atom. The lowest BCUT2D eigenvalue weighted by Gasteiger charge is -2.35. The number of carbonyl (C=O) groups is 1. The minimum absolute atomic E-state index is 0.0965. The maximum Gasteiger partial charge on any atom is 0.275 e. The lowest BCUT2D eigenvalue weighted by Crippen LogP contribution is -2.41. The number of rotatable bonds is 3. The number of nitrogens with one attached hydrogen (secondary N) is 2. The van der Waals surface area contributed by atoms with Gasteiger partial charge in [0.25, 0.3) is 5.91 Å². The number of para-hydroxylation sites is 1. The van der Waals surface area contributed by atoms with Gasteiger partial charge in [-0.2, -0.15) is 5.10 Å². The molecule has 1 amide bonds. The zero-order valence-corrected chi connectivity index (χ0v) is 18.3. The van der Waals surface area contributed by atoms with Crippen molar-refractivity contribution in [3.05, 3.63) is 94.4 Å². The van der Waals surface area contributed by atoms with E-state index in [1.807, 2.05) is 35.2 Å². The Morgan fingerprint density at radius 2 is 2.00 bits per heavy atom. The van der Waals surface area contributed by atoms with Gasteiger partial charge in [-0.1, -0.05) is 24.3 Å². The van der Waals surface area contributed by atoms with E-state index in [2.05, 4.69) is 57.4 Å². The molecular weight excluding hydrogens is 418 g/mol. The van der Waals surface area contributed by atoms with Gasteiger partial charge in [-0.3, -0.25) is 14.9 Å². The van der Waals surface area contributed by atoms with Crippen LogP contribution in [0.4, 0.5) is 0 Å². The van der Waals surface area contributed by atoms with Gasteiger partial charge in [-0.25, -0.2) is 0 Å². The van der Waals surface area contributed by atoms with E-state index in [4.69, 9.17) is 0 Å². The summed E-state index contributed by atoms with van der Waals surface area (Å²) in [6, 6.07) is 19.8. The van der Waals surface area contributed by atoms with E-state index in [-0.39, 0.29) is 11.9 Å². The second kappa shape index (κ2) is 7.46. The molecule has 4 aromatic heterocycles. The molecule has 0 unspecified atom stereocenters.